The summed E-state index contributed by atoms with van der Waals surface area (Å²) in [6.45, 7) is 6.29. The van der Waals surface area contributed by atoms with Gasteiger partial charge < -0.3 is 4.40 Å². The quantitative estimate of drug-likeness (QED) is 0.725. The van der Waals surface area contributed by atoms with Crippen molar-refractivity contribution in [2.45, 2.75) is 33.6 Å². The third-order valence-corrected chi connectivity index (χ3v) is 2.54. The molecule has 0 unspecified atom stereocenters. The van der Waals surface area contributed by atoms with E-state index in [0.717, 1.165) is 24.2 Å². The Morgan fingerprint density at radius 1 is 1.36 bits per heavy atom. The number of nitrogens with zero attached hydrogens (tertiary/aromatic N) is 3. The van der Waals surface area contributed by atoms with Gasteiger partial charge in [0.05, 0.1) is 11.4 Å². The third kappa shape index (κ3) is 1.29. The summed E-state index contributed by atoms with van der Waals surface area (Å²) in [5.41, 5.74) is 4.43. The highest BCUT2D eigenvalue weighted by Crippen LogP contribution is 2.14. The smallest absolute Gasteiger partial charge is 0.158 e. The molecular weight excluding hydrogens is 174 g/mol. The Hall–Kier alpha value is -1.38. The molecule has 2 heterocycles. The summed E-state index contributed by atoms with van der Waals surface area (Å²) < 4.78 is 2.12. The molecule has 74 valence electrons. The van der Waals surface area contributed by atoms with Crippen LogP contribution in [0.15, 0.2) is 12.4 Å². The van der Waals surface area contributed by atoms with Gasteiger partial charge in [0, 0.05) is 18.1 Å². The zero-order valence-corrected chi connectivity index (χ0v) is 8.91. The van der Waals surface area contributed by atoms with E-state index in [1.54, 1.807) is 0 Å². The molecule has 0 fully saturated rings. The first kappa shape index (κ1) is 9.19. The van der Waals surface area contributed by atoms with E-state index in [1.807, 2.05) is 19.3 Å². The normalized spacial score (nSPS) is 11.1. The Morgan fingerprint density at radius 3 is 2.79 bits per heavy atom. The summed E-state index contributed by atoms with van der Waals surface area (Å²) in [5.74, 6) is 0. The van der Waals surface area contributed by atoms with E-state index >= 15 is 0 Å². The maximum absolute atomic E-state index is 4.60. The molecule has 3 heteroatoms. The molecule has 0 atom stereocenters. The summed E-state index contributed by atoms with van der Waals surface area (Å²) in [4.78, 5) is 8.84. The number of hydrogen-bond donors (Lipinski definition) is 0. The monoisotopic (exact) mass is 189 g/mol. The minimum Gasteiger partial charge on any atom is -0.301 e. The lowest BCUT2D eigenvalue weighted by Crippen LogP contribution is -1.92. The van der Waals surface area contributed by atoms with Crippen molar-refractivity contribution in [3.8, 4) is 0 Å². The van der Waals surface area contributed by atoms with Gasteiger partial charge in [0.2, 0.25) is 0 Å². The predicted molar refractivity (Wildman–Crippen MR) is 56.5 cm³/mol. The molecule has 0 aromatic carbocycles. The molecule has 2 aromatic rings. The lowest BCUT2D eigenvalue weighted by molar-refractivity contribution is 0.880. The second-order valence-electron chi connectivity index (χ2n) is 3.60. The van der Waals surface area contributed by atoms with Crippen LogP contribution in [0.5, 0.6) is 0 Å². The molecule has 0 amide bonds. The van der Waals surface area contributed by atoms with Gasteiger partial charge in [-0.25, -0.2) is 4.98 Å². The van der Waals surface area contributed by atoms with E-state index in [9.17, 15) is 0 Å². The summed E-state index contributed by atoms with van der Waals surface area (Å²) in [5, 5.41) is 0. The van der Waals surface area contributed by atoms with Gasteiger partial charge in [-0.3, -0.25) is 4.98 Å². The first-order valence-corrected chi connectivity index (χ1v) is 5.03. The second-order valence-corrected chi connectivity index (χ2v) is 3.60. The van der Waals surface area contributed by atoms with E-state index in [4.69, 9.17) is 0 Å². The van der Waals surface area contributed by atoms with Crippen LogP contribution in [0.3, 0.4) is 0 Å². The van der Waals surface area contributed by atoms with E-state index in [0.29, 0.717) is 0 Å². The second kappa shape index (κ2) is 3.40. The molecule has 0 saturated carbocycles. The van der Waals surface area contributed by atoms with Crippen LogP contribution in [0.1, 0.15) is 30.4 Å². The van der Waals surface area contributed by atoms with Crippen LogP contribution in [0, 0.1) is 13.8 Å². The van der Waals surface area contributed by atoms with Crippen LogP contribution < -0.4 is 0 Å². The lowest BCUT2D eigenvalue weighted by atomic mass is 10.2. The highest BCUT2D eigenvalue weighted by Gasteiger charge is 2.08. The lowest BCUT2D eigenvalue weighted by Gasteiger charge is -1.97. The number of aryl methyl sites for hydroxylation is 3. The minimum absolute atomic E-state index is 0.994. The molecule has 2 aromatic heterocycles. The van der Waals surface area contributed by atoms with Crippen molar-refractivity contribution < 1.29 is 0 Å². The van der Waals surface area contributed by atoms with Crippen LogP contribution in [-0.2, 0) is 6.42 Å². The molecule has 2 rings (SSSR count). The van der Waals surface area contributed by atoms with E-state index in [2.05, 4.69) is 28.2 Å². The molecule has 3 nitrogen and oxygen atoms in total. The summed E-state index contributed by atoms with van der Waals surface area (Å²) in [7, 11) is 0. The minimum atomic E-state index is 0.994. The van der Waals surface area contributed by atoms with E-state index in [-0.39, 0.29) is 0 Å². The Kier molecular flexibility index (Phi) is 2.23. The van der Waals surface area contributed by atoms with Gasteiger partial charge in [0.1, 0.15) is 0 Å². The number of fused-ring (bicyclic) bond motifs is 1. The maximum atomic E-state index is 4.60. The average Bonchev–Trinajstić information content (AvgIpc) is 2.48. The molecule has 0 aliphatic carbocycles. The van der Waals surface area contributed by atoms with Crippen molar-refractivity contribution >= 4 is 5.65 Å². The molecule has 14 heavy (non-hydrogen) atoms. The Morgan fingerprint density at radius 2 is 2.14 bits per heavy atom. The molecule has 0 N–H and O–H groups in total. The first-order valence-electron chi connectivity index (χ1n) is 5.03. The van der Waals surface area contributed by atoms with Gasteiger partial charge in [-0.15, -0.1) is 0 Å². The highest BCUT2D eigenvalue weighted by molar-refractivity contribution is 5.46. The van der Waals surface area contributed by atoms with Gasteiger partial charge in [-0.1, -0.05) is 13.3 Å². The van der Waals surface area contributed by atoms with Crippen molar-refractivity contribution in [3.05, 3.63) is 29.5 Å². The van der Waals surface area contributed by atoms with Crippen LogP contribution in [0.2, 0.25) is 0 Å². The fourth-order valence-corrected chi connectivity index (χ4v) is 1.74. The number of hydrogen-bond acceptors (Lipinski definition) is 2. The molecule has 0 aliphatic heterocycles. The first-order chi connectivity index (χ1) is 6.74. The van der Waals surface area contributed by atoms with Crippen LogP contribution >= 0.6 is 0 Å². The topological polar surface area (TPSA) is 30.2 Å². The largest absolute Gasteiger partial charge is 0.301 e. The van der Waals surface area contributed by atoms with Gasteiger partial charge in [0.25, 0.3) is 0 Å². The Balaban J connectivity index is 2.67. The molecule has 0 saturated heterocycles. The summed E-state index contributed by atoms with van der Waals surface area (Å²) >= 11 is 0. The summed E-state index contributed by atoms with van der Waals surface area (Å²) in [6.07, 6.45) is 5.99. The fourth-order valence-electron chi connectivity index (χ4n) is 1.74. The van der Waals surface area contributed by atoms with Gasteiger partial charge in [-0.05, 0) is 20.3 Å². The van der Waals surface area contributed by atoms with E-state index in [1.165, 1.54) is 11.4 Å². The number of rotatable bonds is 2. The van der Waals surface area contributed by atoms with E-state index < -0.39 is 0 Å². The van der Waals surface area contributed by atoms with Crippen molar-refractivity contribution in [1.82, 2.24) is 14.4 Å². The molecular formula is C11H15N3. The van der Waals surface area contributed by atoms with Crippen LogP contribution in [-0.4, -0.2) is 14.4 Å². The van der Waals surface area contributed by atoms with Crippen molar-refractivity contribution in [3.63, 3.8) is 0 Å². The number of imidazole rings is 1. The third-order valence-electron chi connectivity index (χ3n) is 2.54. The Labute approximate surface area is 83.8 Å². The van der Waals surface area contributed by atoms with Gasteiger partial charge >= 0.3 is 0 Å². The maximum Gasteiger partial charge on any atom is 0.158 e. The predicted octanol–water partition coefficient (Wildman–Crippen LogP) is 2.30. The molecule has 0 radical (unpaired) electrons. The molecule has 0 aliphatic rings. The SMILES string of the molecule is CCCc1nc2c(C)nccn2c1C. The van der Waals surface area contributed by atoms with Crippen molar-refractivity contribution in [2.75, 3.05) is 0 Å². The zero-order valence-electron chi connectivity index (χ0n) is 8.91. The molecule has 0 spiro atoms. The standard InChI is InChI=1S/C11H15N3/c1-4-5-10-9(3)14-7-6-12-8(2)11(14)13-10/h6-7H,4-5H2,1-3H3. The highest BCUT2D eigenvalue weighted by atomic mass is 15.0. The zero-order chi connectivity index (χ0) is 10.1. The van der Waals surface area contributed by atoms with Crippen molar-refractivity contribution in [2.24, 2.45) is 0 Å². The van der Waals surface area contributed by atoms with Crippen LogP contribution in [0.4, 0.5) is 0 Å². The Bertz CT molecular complexity index is 457. The fraction of sp³-hybridized carbons (Fsp3) is 0.455. The molecule has 0 bridgehead atoms. The number of aromatic nitrogens is 3. The van der Waals surface area contributed by atoms with Crippen molar-refractivity contribution in [1.29, 1.82) is 0 Å². The van der Waals surface area contributed by atoms with Gasteiger partial charge in [0.15, 0.2) is 5.65 Å². The van der Waals surface area contributed by atoms with Crippen LogP contribution in [0.25, 0.3) is 5.65 Å². The average molecular weight is 189 g/mol. The van der Waals surface area contributed by atoms with Gasteiger partial charge in [-0.2, -0.15) is 0 Å². The summed E-state index contributed by atoms with van der Waals surface area (Å²) in [6, 6.07) is 0.